The lowest BCUT2D eigenvalue weighted by atomic mass is 9.94. The van der Waals surface area contributed by atoms with Gasteiger partial charge in [-0.05, 0) is 55.4 Å². The molecule has 0 aliphatic heterocycles. The van der Waals surface area contributed by atoms with Crippen LogP contribution in [0.1, 0.15) is 36.5 Å². The number of aliphatic carboxylic acids is 1. The van der Waals surface area contributed by atoms with Gasteiger partial charge < -0.3 is 9.84 Å². The largest absolute Gasteiger partial charge is 0.496 e. The smallest absolute Gasteiger partial charge is 0.303 e. The van der Waals surface area contributed by atoms with Crippen LogP contribution < -0.4 is 4.74 Å². The molecule has 1 N–H and O–H groups in total. The van der Waals surface area contributed by atoms with Crippen LogP contribution in [-0.4, -0.2) is 18.2 Å². The second kappa shape index (κ2) is 6.94. The summed E-state index contributed by atoms with van der Waals surface area (Å²) in [5.41, 5.74) is 3.44. The average molecular weight is 329 g/mol. The first kappa shape index (κ1) is 16.0. The van der Waals surface area contributed by atoms with Gasteiger partial charge in [-0.2, -0.15) is 0 Å². The molecule has 1 unspecified atom stereocenters. The number of rotatable bonds is 6. The highest BCUT2D eigenvalue weighted by Crippen LogP contribution is 2.33. The zero-order valence-corrected chi connectivity index (χ0v) is 13.5. The third kappa shape index (κ3) is 4.23. The Bertz CT molecular complexity index is 469. The summed E-state index contributed by atoms with van der Waals surface area (Å²) < 4.78 is 6.56. The van der Waals surface area contributed by atoms with Crippen molar-refractivity contribution in [2.75, 3.05) is 7.11 Å². The van der Waals surface area contributed by atoms with Crippen LogP contribution in [0, 0.1) is 19.8 Å². The van der Waals surface area contributed by atoms with Gasteiger partial charge in [0.15, 0.2) is 0 Å². The monoisotopic (exact) mass is 328 g/mol. The molecule has 1 rings (SSSR count). The number of aryl methyl sites for hydroxylation is 1. The maximum absolute atomic E-state index is 10.7. The topological polar surface area (TPSA) is 46.5 Å². The van der Waals surface area contributed by atoms with E-state index in [2.05, 4.69) is 28.9 Å². The molecule has 0 saturated carbocycles. The number of carboxylic acid groups (broad SMARTS) is 1. The molecule has 1 aromatic carbocycles. The maximum Gasteiger partial charge on any atom is 0.303 e. The van der Waals surface area contributed by atoms with E-state index in [0.717, 1.165) is 28.6 Å². The number of hydrogen-bond acceptors (Lipinski definition) is 2. The number of hydrogen-bond donors (Lipinski definition) is 1. The lowest BCUT2D eigenvalue weighted by Gasteiger charge is -2.17. The summed E-state index contributed by atoms with van der Waals surface area (Å²) in [7, 11) is 1.68. The van der Waals surface area contributed by atoms with Crippen molar-refractivity contribution in [2.24, 2.45) is 5.92 Å². The van der Waals surface area contributed by atoms with Crippen LogP contribution in [0.2, 0.25) is 0 Å². The molecule has 0 aliphatic carbocycles. The van der Waals surface area contributed by atoms with Crippen molar-refractivity contribution in [1.82, 2.24) is 0 Å². The first-order chi connectivity index (χ1) is 8.86. The molecule has 3 nitrogen and oxygen atoms in total. The number of carbonyl (C=O) groups is 1. The van der Waals surface area contributed by atoms with E-state index in [0.29, 0.717) is 0 Å². The molecule has 4 heteroatoms. The lowest BCUT2D eigenvalue weighted by molar-refractivity contribution is -0.138. The summed E-state index contributed by atoms with van der Waals surface area (Å²) in [6.07, 6.45) is 1.90. The molecule has 0 heterocycles. The number of ether oxygens (including phenoxy) is 1. The Balaban J connectivity index is 2.91. The standard InChI is InChI=1S/C15H21BrO3/c1-9(7-14(17)18)5-6-12-11(3)13(16)8-10(2)15(12)19-4/h8-9H,5-7H2,1-4H3,(H,17,18). The van der Waals surface area contributed by atoms with Crippen LogP contribution >= 0.6 is 15.9 Å². The quantitative estimate of drug-likeness (QED) is 0.854. The van der Waals surface area contributed by atoms with Gasteiger partial charge in [-0.25, -0.2) is 0 Å². The van der Waals surface area contributed by atoms with E-state index >= 15 is 0 Å². The molecule has 0 saturated heterocycles. The van der Waals surface area contributed by atoms with Gasteiger partial charge in [-0.15, -0.1) is 0 Å². The number of halogens is 1. The molecular formula is C15H21BrO3. The van der Waals surface area contributed by atoms with E-state index in [1.807, 2.05) is 13.8 Å². The predicted molar refractivity (Wildman–Crippen MR) is 79.9 cm³/mol. The van der Waals surface area contributed by atoms with Crippen molar-refractivity contribution in [1.29, 1.82) is 0 Å². The summed E-state index contributed by atoms with van der Waals surface area (Å²) in [5.74, 6) is 0.353. The zero-order chi connectivity index (χ0) is 14.6. The fraction of sp³-hybridized carbons (Fsp3) is 0.533. The minimum absolute atomic E-state index is 0.167. The van der Waals surface area contributed by atoms with Crippen molar-refractivity contribution in [2.45, 2.75) is 40.0 Å². The second-order valence-corrected chi connectivity index (χ2v) is 5.91. The van der Waals surface area contributed by atoms with E-state index in [1.54, 1.807) is 7.11 Å². The first-order valence-corrected chi connectivity index (χ1v) is 7.20. The minimum Gasteiger partial charge on any atom is -0.496 e. The third-order valence-corrected chi connectivity index (χ3v) is 4.22. The molecule has 0 bridgehead atoms. The molecular weight excluding hydrogens is 308 g/mol. The van der Waals surface area contributed by atoms with Gasteiger partial charge in [0.25, 0.3) is 0 Å². The maximum atomic E-state index is 10.7. The van der Waals surface area contributed by atoms with Crippen molar-refractivity contribution in [3.63, 3.8) is 0 Å². The number of benzene rings is 1. The van der Waals surface area contributed by atoms with Crippen LogP contribution in [0.5, 0.6) is 5.75 Å². The Morgan fingerprint density at radius 2 is 2.11 bits per heavy atom. The Morgan fingerprint density at radius 1 is 1.47 bits per heavy atom. The number of carboxylic acids is 1. The van der Waals surface area contributed by atoms with Gasteiger partial charge in [0.1, 0.15) is 5.75 Å². The van der Waals surface area contributed by atoms with E-state index in [4.69, 9.17) is 9.84 Å². The summed E-state index contributed by atoms with van der Waals surface area (Å²) in [6, 6.07) is 2.05. The molecule has 19 heavy (non-hydrogen) atoms. The lowest BCUT2D eigenvalue weighted by Crippen LogP contribution is -2.07. The molecule has 0 aromatic heterocycles. The Hall–Kier alpha value is -1.03. The van der Waals surface area contributed by atoms with Gasteiger partial charge in [-0.1, -0.05) is 22.9 Å². The molecule has 1 atom stereocenters. The predicted octanol–water partition coefficient (Wildman–Crippen LogP) is 4.12. The fourth-order valence-electron chi connectivity index (χ4n) is 2.29. The van der Waals surface area contributed by atoms with Crippen molar-refractivity contribution < 1.29 is 14.6 Å². The van der Waals surface area contributed by atoms with E-state index < -0.39 is 5.97 Å². The summed E-state index contributed by atoms with van der Waals surface area (Å²) in [5, 5.41) is 8.79. The zero-order valence-electron chi connectivity index (χ0n) is 11.9. The van der Waals surface area contributed by atoms with Crippen molar-refractivity contribution in [3.05, 3.63) is 27.2 Å². The van der Waals surface area contributed by atoms with Gasteiger partial charge in [0, 0.05) is 10.9 Å². The van der Waals surface area contributed by atoms with Gasteiger partial charge in [0.05, 0.1) is 7.11 Å². The molecule has 1 aromatic rings. The highest BCUT2D eigenvalue weighted by atomic mass is 79.9. The van der Waals surface area contributed by atoms with Gasteiger partial charge >= 0.3 is 5.97 Å². The fourth-order valence-corrected chi connectivity index (χ4v) is 2.88. The molecule has 106 valence electrons. The van der Waals surface area contributed by atoms with E-state index in [-0.39, 0.29) is 12.3 Å². The van der Waals surface area contributed by atoms with Crippen LogP contribution in [-0.2, 0) is 11.2 Å². The molecule has 0 fully saturated rings. The second-order valence-electron chi connectivity index (χ2n) is 5.05. The van der Waals surface area contributed by atoms with Crippen molar-refractivity contribution in [3.8, 4) is 5.75 Å². The molecule has 0 aliphatic rings. The first-order valence-electron chi connectivity index (χ1n) is 6.41. The van der Waals surface area contributed by atoms with E-state index in [1.165, 1.54) is 11.1 Å². The third-order valence-electron chi connectivity index (χ3n) is 3.40. The Kier molecular flexibility index (Phi) is 5.85. The van der Waals surface area contributed by atoms with Crippen LogP contribution in [0.3, 0.4) is 0 Å². The molecule has 0 radical (unpaired) electrons. The summed E-state index contributed by atoms with van der Waals surface area (Å²) in [4.78, 5) is 10.7. The number of methoxy groups -OCH3 is 1. The SMILES string of the molecule is COc1c(C)cc(Br)c(C)c1CCC(C)CC(=O)O. The highest BCUT2D eigenvalue weighted by Gasteiger charge is 2.15. The van der Waals surface area contributed by atoms with E-state index in [9.17, 15) is 4.79 Å². The summed E-state index contributed by atoms with van der Waals surface area (Å²) in [6.45, 7) is 6.05. The van der Waals surface area contributed by atoms with Gasteiger partial charge in [0.2, 0.25) is 0 Å². The van der Waals surface area contributed by atoms with Crippen LogP contribution in [0.25, 0.3) is 0 Å². The minimum atomic E-state index is -0.735. The van der Waals surface area contributed by atoms with Crippen LogP contribution in [0.15, 0.2) is 10.5 Å². The summed E-state index contributed by atoms with van der Waals surface area (Å²) >= 11 is 3.56. The van der Waals surface area contributed by atoms with Crippen molar-refractivity contribution >= 4 is 21.9 Å². The molecule has 0 amide bonds. The highest BCUT2D eigenvalue weighted by molar-refractivity contribution is 9.10. The molecule has 0 spiro atoms. The average Bonchev–Trinajstić information content (AvgIpc) is 2.30. The Morgan fingerprint density at radius 3 is 2.63 bits per heavy atom. The normalized spacial score (nSPS) is 12.3. The van der Waals surface area contributed by atoms with Gasteiger partial charge in [-0.3, -0.25) is 4.79 Å². The van der Waals surface area contributed by atoms with Crippen LogP contribution in [0.4, 0.5) is 0 Å². The Labute approximate surface area is 123 Å².